The Morgan fingerprint density at radius 2 is 2.04 bits per heavy atom. The first kappa shape index (κ1) is 19.2. The zero-order valence-electron chi connectivity index (χ0n) is 15.3. The molecular weight excluding hydrogens is 338 g/mol. The van der Waals surface area contributed by atoms with Gasteiger partial charge in [0.2, 0.25) is 5.91 Å². The molecule has 1 atom stereocenters. The van der Waals surface area contributed by atoms with Gasteiger partial charge in [-0.3, -0.25) is 9.63 Å². The molecular formula is C20H28F2N2O2. The van der Waals surface area contributed by atoms with Gasteiger partial charge in [-0.2, -0.15) is 5.06 Å². The molecule has 144 valence electrons. The van der Waals surface area contributed by atoms with Gasteiger partial charge in [0, 0.05) is 32.6 Å². The minimum atomic E-state index is -0.805. The zero-order chi connectivity index (χ0) is 18.4. The number of benzene rings is 1. The number of aryl methyl sites for hydroxylation is 1. The lowest BCUT2D eigenvalue weighted by atomic mass is 9.91. The molecule has 0 aromatic heterocycles. The Morgan fingerprint density at radius 3 is 2.81 bits per heavy atom. The largest absolute Gasteiger partial charge is 0.342 e. The summed E-state index contributed by atoms with van der Waals surface area (Å²) in [5.41, 5.74) is 0.814. The second-order valence-electron chi connectivity index (χ2n) is 7.35. The summed E-state index contributed by atoms with van der Waals surface area (Å²) in [5.74, 6) is -0.979. The highest BCUT2D eigenvalue weighted by molar-refractivity contribution is 5.76. The maximum atomic E-state index is 13.3. The van der Waals surface area contributed by atoms with Crippen molar-refractivity contribution >= 4 is 5.91 Å². The fraction of sp³-hybridized carbons (Fsp3) is 0.650. The predicted octanol–water partition coefficient (Wildman–Crippen LogP) is 3.55. The van der Waals surface area contributed by atoms with Crippen LogP contribution in [0.2, 0.25) is 0 Å². The summed E-state index contributed by atoms with van der Waals surface area (Å²) in [5, 5.41) is 1.91. The van der Waals surface area contributed by atoms with E-state index in [4.69, 9.17) is 4.84 Å². The molecule has 2 saturated heterocycles. The normalized spacial score (nSPS) is 21.8. The number of halogens is 2. The second-order valence-corrected chi connectivity index (χ2v) is 7.35. The molecule has 3 rings (SSSR count). The lowest BCUT2D eigenvalue weighted by Crippen LogP contribution is -2.42. The Balaban J connectivity index is 1.42. The van der Waals surface area contributed by atoms with Crippen LogP contribution in [-0.2, 0) is 16.1 Å². The van der Waals surface area contributed by atoms with Crippen LogP contribution in [0.25, 0.3) is 0 Å². The minimum absolute atomic E-state index is 0.191. The Labute approximate surface area is 154 Å². The van der Waals surface area contributed by atoms with Crippen molar-refractivity contribution in [1.29, 1.82) is 0 Å². The van der Waals surface area contributed by atoms with Crippen LogP contribution in [-0.4, -0.2) is 48.7 Å². The lowest BCUT2D eigenvalue weighted by Gasteiger charge is -2.34. The molecule has 26 heavy (non-hydrogen) atoms. The summed E-state index contributed by atoms with van der Waals surface area (Å²) in [7, 11) is 0. The Hall–Kier alpha value is -1.53. The average Bonchev–Trinajstić information content (AvgIpc) is 2.68. The molecule has 0 radical (unpaired) electrons. The van der Waals surface area contributed by atoms with E-state index < -0.39 is 11.6 Å². The van der Waals surface area contributed by atoms with Crippen molar-refractivity contribution in [3.8, 4) is 0 Å². The van der Waals surface area contributed by atoms with Gasteiger partial charge >= 0.3 is 0 Å². The number of piperidine rings is 1. The van der Waals surface area contributed by atoms with E-state index >= 15 is 0 Å². The van der Waals surface area contributed by atoms with E-state index in [0.29, 0.717) is 25.3 Å². The minimum Gasteiger partial charge on any atom is -0.342 e. The molecule has 0 saturated carbocycles. The van der Waals surface area contributed by atoms with Gasteiger partial charge in [-0.25, -0.2) is 8.78 Å². The molecule has 0 aliphatic carbocycles. The Kier molecular flexibility index (Phi) is 6.97. The van der Waals surface area contributed by atoms with E-state index in [0.717, 1.165) is 63.9 Å². The zero-order valence-corrected chi connectivity index (χ0v) is 15.3. The number of carbonyl (C=O) groups excluding carboxylic acids is 1. The standard InChI is InChI=1S/C20H28F2N2O2/c21-18-8-7-16(14-19(18)22)5-6-17-4-3-10-23(15-17)20(25)9-12-24-11-1-2-13-26-24/h7-8,14,17H,1-6,9-13,15H2/t17-/m1/s1. The summed E-state index contributed by atoms with van der Waals surface area (Å²) >= 11 is 0. The predicted molar refractivity (Wildman–Crippen MR) is 95.4 cm³/mol. The highest BCUT2D eigenvalue weighted by Gasteiger charge is 2.24. The fourth-order valence-corrected chi connectivity index (χ4v) is 3.80. The van der Waals surface area contributed by atoms with Crippen LogP contribution in [0.3, 0.4) is 0 Å². The summed E-state index contributed by atoms with van der Waals surface area (Å²) < 4.78 is 26.3. The Morgan fingerprint density at radius 1 is 1.15 bits per heavy atom. The smallest absolute Gasteiger partial charge is 0.223 e. The Bertz CT molecular complexity index is 605. The summed E-state index contributed by atoms with van der Waals surface area (Å²) in [6.45, 7) is 3.91. The number of hydrogen-bond donors (Lipinski definition) is 0. The number of rotatable bonds is 6. The molecule has 2 aliphatic heterocycles. The molecule has 0 bridgehead atoms. The molecule has 4 nitrogen and oxygen atoms in total. The number of nitrogens with zero attached hydrogens (tertiary/aromatic N) is 2. The molecule has 2 fully saturated rings. The first-order chi connectivity index (χ1) is 12.6. The third-order valence-corrected chi connectivity index (χ3v) is 5.35. The number of hydrogen-bond acceptors (Lipinski definition) is 3. The van der Waals surface area contributed by atoms with Crippen molar-refractivity contribution in [2.75, 3.05) is 32.8 Å². The van der Waals surface area contributed by atoms with E-state index in [1.807, 2.05) is 9.96 Å². The maximum absolute atomic E-state index is 13.3. The van der Waals surface area contributed by atoms with Crippen molar-refractivity contribution in [3.05, 3.63) is 35.4 Å². The quantitative estimate of drug-likeness (QED) is 0.772. The van der Waals surface area contributed by atoms with E-state index in [1.54, 1.807) is 6.07 Å². The number of hydroxylamine groups is 2. The van der Waals surface area contributed by atoms with Gasteiger partial charge in [-0.1, -0.05) is 6.07 Å². The molecule has 0 N–H and O–H groups in total. The molecule has 2 aliphatic rings. The first-order valence-electron chi connectivity index (χ1n) is 9.71. The summed E-state index contributed by atoms with van der Waals surface area (Å²) in [6, 6.07) is 4.10. The third-order valence-electron chi connectivity index (χ3n) is 5.35. The molecule has 0 spiro atoms. The maximum Gasteiger partial charge on any atom is 0.223 e. The van der Waals surface area contributed by atoms with Crippen molar-refractivity contribution in [2.24, 2.45) is 5.92 Å². The van der Waals surface area contributed by atoms with Crippen molar-refractivity contribution < 1.29 is 18.4 Å². The SMILES string of the molecule is O=C(CCN1CCCCO1)N1CCC[C@H](CCc2ccc(F)c(F)c2)C1. The van der Waals surface area contributed by atoms with Gasteiger partial charge < -0.3 is 4.90 Å². The van der Waals surface area contributed by atoms with Gasteiger partial charge in [0.15, 0.2) is 11.6 Å². The highest BCUT2D eigenvalue weighted by atomic mass is 19.2. The molecule has 6 heteroatoms. The fourth-order valence-electron chi connectivity index (χ4n) is 3.80. The topological polar surface area (TPSA) is 32.8 Å². The molecule has 1 aromatic carbocycles. The van der Waals surface area contributed by atoms with Crippen LogP contribution in [0.4, 0.5) is 8.78 Å². The van der Waals surface area contributed by atoms with Crippen LogP contribution in [0.1, 0.15) is 44.1 Å². The van der Waals surface area contributed by atoms with Crippen LogP contribution >= 0.6 is 0 Å². The van der Waals surface area contributed by atoms with Crippen molar-refractivity contribution in [2.45, 2.75) is 44.9 Å². The molecule has 1 aromatic rings. The van der Waals surface area contributed by atoms with E-state index in [9.17, 15) is 13.6 Å². The van der Waals surface area contributed by atoms with Gasteiger partial charge in [-0.05, 0) is 62.1 Å². The monoisotopic (exact) mass is 366 g/mol. The molecule has 0 unspecified atom stereocenters. The van der Waals surface area contributed by atoms with E-state index in [-0.39, 0.29) is 5.91 Å². The number of carbonyl (C=O) groups is 1. The van der Waals surface area contributed by atoms with E-state index in [2.05, 4.69) is 0 Å². The average molecular weight is 366 g/mol. The van der Waals surface area contributed by atoms with Gasteiger partial charge in [0.25, 0.3) is 0 Å². The van der Waals surface area contributed by atoms with Gasteiger partial charge in [-0.15, -0.1) is 0 Å². The second kappa shape index (κ2) is 9.42. The molecule has 2 heterocycles. The molecule has 1 amide bonds. The van der Waals surface area contributed by atoms with E-state index in [1.165, 1.54) is 12.1 Å². The van der Waals surface area contributed by atoms with Crippen LogP contribution in [0.5, 0.6) is 0 Å². The summed E-state index contributed by atoms with van der Waals surface area (Å²) in [6.07, 6.45) is 6.42. The van der Waals surface area contributed by atoms with Crippen LogP contribution in [0.15, 0.2) is 18.2 Å². The summed E-state index contributed by atoms with van der Waals surface area (Å²) in [4.78, 5) is 20.0. The van der Waals surface area contributed by atoms with Crippen LogP contribution in [0, 0.1) is 17.6 Å². The van der Waals surface area contributed by atoms with Gasteiger partial charge in [0.05, 0.1) is 6.61 Å². The highest BCUT2D eigenvalue weighted by Crippen LogP contribution is 2.23. The van der Waals surface area contributed by atoms with Gasteiger partial charge in [0.1, 0.15) is 0 Å². The van der Waals surface area contributed by atoms with Crippen LogP contribution < -0.4 is 0 Å². The number of likely N-dealkylation sites (tertiary alicyclic amines) is 1. The third kappa shape index (κ3) is 5.48. The van der Waals surface area contributed by atoms with Crippen molar-refractivity contribution in [1.82, 2.24) is 9.96 Å². The first-order valence-corrected chi connectivity index (χ1v) is 9.71. The lowest BCUT2D eigenvalue weighted by molar-refractivity contribution is -0.182. The number of amides is 1. The van der Waals surface area contributed by atoms with Crippen molar-refractivity contribution in [3.63, 3.8) is 0 Å².